The van der Waals surface area contributed by atoms with Gasteiger partial charge in [-0.05, 0) is 13.0 Å². The van der Waals surface area contributed by atoms with Crippen molar-refractivity contribution >= 4 is 17.8 Å². The molecule has 1 heterocycles. The Morgan fingerprint density at radius 2 is 2.33 bits per heavy atom. The molecule has 21 heavy (non-hydrogen) atoms. The minimum absolute atomic E-state index is 0.0182. The highest BCUT2D eigenvalue weighted by molar-refractivity contribution is 5.90. The summed E-state index contributed by atoms with van der Waals surface area (Å²) in [6, 6.07) is 2.89. The summed E-state index contributed by atoms with van der Waals surface area (Å²) in [6.45, 7) is 1.67. The summed E-state index contributed by atoms with van der Waals surface area (Å²) >= 11 is 0. The van der Waals surface area contributed by atoms with Gasteiger partial charge in [0, 0.05) is 24.1 Å². The van der Waals surface area contributed by atoms with Gasteiger partial charge < -0.3 is 9.84 Å². The average Bonchev–Trinajstić information content (AvgIpc) is 2.37. The molecule has 2 N–H and O–H groups in total. The molecule has 8 nitrogen and oxygen atoms in total. The van der Waals surface area contributed by atoms with Crippen molar-refractivity contribution in [2.75, 3.05) is 6.61 Å². The molecule has 1 amide bonds. The summed E-state index contributed by atoms with van der Waals surface area (Å²) in [7, 11) is 0. The number of carboxylic acid groups (broad SMARTS) is 1. The largest absolute Gasteiger partial charge is 0.465 e. The Morgan fingerprint density at radius 3 is 2.95 bits per heavy atom. The Morgan fingerprint density at radius 1 is 1.62 bits per heavy atom. The molecule has 1 atom stereocenters. The van der Waals surface area contributed by atoms with Crippen LogP contribution in [0.4, 0.5) is 14.9 Å². The summed E-state index contributed by atoms with van der Waals surface area (Å²) in [5.41, 5.74) is -1.39. The fourth-order valence-corrected chi connectivity index (χ4v) is 2.05. The molecule has 1 aliphatic heterocycles. The summed E-state index contributed by atoms with van der Waals surface area (Å²) < 4.78 is 19.0. The lowest BCUT2D eigenvalue weighted by atomic mass is 9.88. The van der Waals surface area contributed by atoms with Crippen LogP contribution >= 0.6 is 0 Å². The topological polar surface area (TPSA) is 114 Å². The van der Waals surface area contributed by atoms with Crippen LogP contribution in [0, 0.1) is 15.9 Å². The number of nitrogens with one attached hydrogen (secondary N) is 1. The van der Waals surface area contributed by atoms with Gasteiger partial charge in [-0.15, -0.1) is 0 Å². The highest BCUT2D eigenvalue weighted by atomic mass is 19.1. The zero-order valence-corrected chi connectivity index (χ0v) is 11.0. The number of non-ortho nitro benzene ring substituents is 1. The first-order chi connectivity index (χ1) is 9.82. The first-order valence-corrected chi connectivity index (χ1v) is 5.99. The number of amidine groups is 1. The first-order valence-electron chi connectivity index (χ1n) is 5.99. The highest BCUT2D eigenvalue weighted by Crippen LogP contribution is 2.35. The van der Waals surface area contributed by atoms with E-state index < -0.39 is 22.4 Å². The molecule has 112 valence electrons. The number of nitrogens with zero attached hydrogens (tertiary/aromatic N) is 2. The number of halogens is 1. The molecule has 0 bridgehead atoms. The predicted molar refractivity (Wildman–Crippen MR) is 69.6 cm³/mol. The van der Waals surface area contributed by atoms with Crippen molar-refractivity contribution < 1.29 is 24.0 Å². The van der Waals surface area contributed by atoms with Crippen LogP contribution < -0.4 is 5.32 Å². The zero-order valence-electron chi connectivity index (χ0n) is 11.0. The number of carbonyl (C=O) groups is 1. The quantitative estimate of drug-likeness (QED) is 0.640. The second kappa shape index (κ2) is 5.35. The smallest absolute Gasteiger partial charge is 0.412 e. The van der Waals surface area contributed by atoms with Gasteiger partial charge in [0.25, 0.3) is 11.7 Å². The standard InChI is InChI=1S/C12H12FN3O5/c1-12(4-5-21-10(15-12)14-11(17)18)8-6-7(16(19)20)2-3-9(8)13/h2-3,6H,4-5H2,1H3,(H,14,15)(H,17,18). The van der Waals surface area contributed by atoms with Crippen LogP contribution in [0.25, 0.3) is 0 Å². The minimum atomic E-state index is -1.36. The molecule has 1 aromatic carbocycles. The van der Waals surface area contributed by atoms with Crippen LogP contribution in [0.15, 0.2) is 23.2 Å². The maximum atomic E-state index is 14.0. The Balaban J connectivity index is 2.45. The van der Waals surface area contributed by atoms with E-state index in [1.165, 1.54) is 0 Å². The van der Waals surface area contributed by atoms with E-state index in [4.69, 9.17) is 9.84 Å². The summed E-state index contributed by atoms with van der Waals surface area (Å²) in [5, 5.41) is 21.4. The van der Waals surface area contributed by atoms with Crippen molar-refractivity contribution in [1.29, 1.82) is 0 Å². The van der Waals surface area contributed by atoms with Gasteiger partial charge >= 0.3 is 6.09 Å². The van der Waals surface area contributed by atoms with Gasteiger partial charge in [0.1, 0.15) is 5.82 Å². The number of amides is 1. The Hall–Kier alpha value is -2.71. The molecule has 0 saturated carbocycles. The van der Waals surface area contributed by atoms with Gasteiger partial charge in [-0.3, -0.25) is 10.1 Å². The molecule has 2 rings (SSSR count). The third-order valence-corrected chi connectivity index (χ3v) is 3.13. The lowest BCUT2D eigenvalue weighted by Gasteiger charge is -2.30. The van der Waals surface area contributed by atoms with E-state index in [-0.39, 0.29) is 30.3 Å². The van der Waals surface area contributed by atoms with Crippen molar-refractivity contribution in [3.8, 4) is 0 Å². The minimum Gasteiger partial charge on any atom is -0.465 e. The highest BCUT2D eigenvalue weighted by Gasteiger charge is 2.34. The average molecular weight is 297 g/mol. The summed E-state index contributed by atoms with van der Waals surface area (Å²) in [5.74, 6) is -0.650. The van der Waals surface area contributed by atoms with Crippen LogP contribution in [0.3, 0.4) is 0 Å². The first kappa shape index (κ1) is 14.7. The molecule has 0 aliphatic carbocycles. The SMILES string of the molecule is CC1(c2cc([N+](=O)[O-])ccc2F)CCOC(NC(=O)O)=N1. The van der Waals surface area contributed by atoms with Gasteiger partial charge in [0.15, 0.2) is 0 Å². The number of hydrogen-bond acceptors (Lipinski definition) is 5. The van der Waals surface area contributed by atoms with E-state index in [2.05, 4.69) is 4.99 Å². The molecule has 0 spiro atoms. The number of aliphatic imine (C=N–C) groups is 1. The molecule has 0 radical (unpaired) electrons. The molecular formula is C12H12FN3O5. The van der Waals surface area contributed by atoms with E-state index >= 15 is 0 Å². The van der Waals surface area contributed by atoms with Gasteiger partial charge in [-0.2, -0.15) is 0 Å². The van der Waals surface area contributed by atoms with Crippen LogP contribution in [0.1, 0.15) is 18.9 Å². The third-order valence-electron chi connectivity index (χ3n) is 3.13. The number of nitro groups is 1. The molecule has 0 fully saturated rings. The fourth-order valence-electron chi connectivity index (χ4n) is 2.05. The maximum Gasteiger partial charge on any atom is 0.412 e. The number of rotatable bonds is 2. The Labute approximate surface area is 118 Å². The molecular weight excluding hydrogens is 285 g/mol. The molecule has 0 saturated heterocycles. The zero-order chi connectivity index (χ0) is 15.6. The number of nitro benzene ring substituents is 1. The Bertz CT molecular complexity index is 633. The monoisotopic (exact) mass is 297 g/mol. The van der Waals surface area contributed by atoms with E-state index in [0.717, 1.165) is 18.2 Å². The molecule has 9 heteroatoms. The Kier molecular flexibility index (Phi) is 3.74. The molecule has 1 aliphatic rings. The van der Waals surface area contributed by atoms with Crippen molar-refractivity contribution in [3.63, 3.8) is 0 Å². The van der Waals surface area contributed by atoms with Crippen LogP contribution in [0.5, 0.6) is 0 Å². The van der Waals surface area contributed by atoms with E-state index in [1.807, 2.05) is 5.32 Å². The molecule has 0 aromatic heterocycles. The fraction of sp³-hybridized carbons (Fsp3) is 0.333. The van der Waals surface area contributed by atoms with Gasteiger partial charge in [0.05, 0.1) is 17.1 Å². The third kappa shape index (κ3) is 3.07. The normalized spacial score (nSPS) is 21.1. The molecule has 1 aromatic rings. The number of benzene rings is 1. The van der Waals surface area contributed by atoms with Gasteiger partial charge in [0.2, 0.25) is 0 Å². The maximum absolute atomic E-state index is 14.0. The predicted octanol–water partition coefficient (Wildman–Crippen LogP) is 1.99. The number of ether oxygens (including phenoxy) is 1. The second-order valence-corrected chi connectivity index (χ2v) is 4.64. The van der Waals surface area contributed by atoms with E-state index in [9.17, 15) is 19.3 Å². The van der Waals surface area contributed by atoms with Crippen molar-refractivity contribution in [2.45, 2.75) is 18.9 Å². The van der Waals surface area contributed by atoms with Gasteiger partial charge in [-0.1, -0.05) is 0 Å². The van der Waals surface area contributed by atoms with Crippen molar-refractivity contribution in [3.05, 3.63) is 39.7 Å². The van der Waals surface area contributed by atoms with Crippen LogP contribution in [-0.2, 0) is 10.3 Å². The lowest BCUT2D eigenvalue weighted by molar-refractivity contribution is -0.385. The number of hydrogen-bond donors (Lipinski definition) is 2. The van der Waals surface area contributed by atoms with Crippen molar-refractivity contribution in [1.82, 2.24) is 5.32 Å². The van der Waals surface area contributed by atoms with E-state index in [1.54, 1.807) is 6.92 Å². The van der Waals surface area contributed by atoms with Crippen LogP contribution in [-0.4, -0.2) is 28.8 Å². The second-order valence-electron chi connectivity index (χ2n) is 4.64. The summed E-state index contributed by atoms with van der Waals surface area (Å²) in [6.07, 6.45) is -1.10. The van der Waals surface area contributed by atoms with E-state index in [0.29, 0.717) is 0 Å². The van der Waals surface area contributed by atoms with Crippen molar-refractivity contribution in [2.24, 2.45) is 4.99 Å². The van der Waals surface area contributed by atoms with Gasteiger partial charge in [-0.25, -0.2) is 19.5 Å². The summed E-state index contributed by atoms with van der Waals surface area (Å²) in [4.78, 5) is 24.8. The lowest BCUT2D eigenvalue weighted by Crippen LogP contribution is -2.39. The van der Waals surface area contributed by atoms with Crippen LogP contribution in [0.2, 0.25) is 0 Å². The molecule has 1 unspecified atom stereocenters.